The molecule has 0 saturated carbocycles. The molecule has 0 radical (unpaired) electrons. The van der Waals surface area contributed by atoms with E-state index in [2.05, 4.69) is 0 Å². The van der Waals surface area contributed by atoms with Crippen molar-refractivity contribution in [2.45, 2.75) is 26.9 Å². The van der Waals surface area contributed by atoms with Crippen molar-refractivity contribution < 1.29 is 13.9 Å². The number of carbonyl (C=O) groups excluding carboxylic acids is 1. The molecule has 0 aliphatic rings. The largest absolute Gasteiger partial charge is 0.459 e. The van der Waals surface area contributed by atoms with Gasteiger partial charge in [-0.2, -0.15) is 0 Å². The van der Waals surface area contributed by atoms with E-state index in [0.29, 0.717) is 15.8 Å². The summed E-state index contributed by atoms with van der Waals surface area (Å²) in [4.78, 5) is 12.3. The van der Waals surface area contributed by atoms with E-state index in [4.69, 9.17) is 4.74 Å². The summed E-state index contributed by atoms with van der Waals surface area (Å²) >= 11 is 1.27. The van der Waals surface area contributed by atoms with Crippen LogP contribution in [0.1, 0.15) is 29.1 Å². The molecule has 2 rings (SSSR count). The predicted octanol–water partition coefficient (Wildman–Crippen LogP) is 3.91. The third-order valence-corrected chi connectivity index (χ3v) is 3.67. The van der Waals surface area contributed by atoms with Crippen LogP contribution in [-0.4, -0.2) is 12.1 Å². The SMILES string of the molecule is Cc1c(C(=O)OC(C)C)sc2cccc(F)c12. The van der Waals surface area contributed by atoms with E-state index in [9.17, 15) is 9.18 Å². The fourth-order valence-corrected chi connectivity index (χ4v) is 2.82. The zero-order valence-corrected chi connectivity index (χ0v) is 10.7. The van der Waals surface area contributed by atoms with Crippen LogP contribution in [0, 0.1) is 12.7 Å². The van der Waals surface area contributed by atoms with Gasteiger partial charge in [-0.15, -0.1) is 11.3 Å². The van der Waals surface area contributed by atoms with Crippen LogP contribution in [-0.2, 0) is 4.74 Å². The van der Waals surface area contributed by atoms with Gasteiger partial charge in [0.2, 0.25) is 0 Å². The van der Waals surface area contributed by atoms with E-state index < -0.39 is 0 Å². The fraction of sp³-hybridized carbons (Fsp3) is 0.308. The Hall–Kier alpha value is -1.42. The highest BCUT2D eigenvalue weighted by atomic mass is 32.1. The predicted molar refractivity (Wildman–Crippen MR) is 67.1 cm³/mol. The van der Waals surface area contributed by atoms with Gasteiger partial charge in [-0.1, -0.05) is 6.07 Å². The van der Waals surface area contributed by atoms with E-state index in [1.54, 1.807) is 26.8 Å². The minimum atomic E-state index is -0.377. The molecule has 2 aromatic rings. The van der Waals surface area contributed by atoms with Gasteiger partial charge in [-0.3, -0.25) is 0 Å². The number of hydrogen-bond donors (Lipinski definition) is 0. The summed E-state index contributed by atoms with van der Waals surface area (Å²) in [5, 5.41) is 0.521. The van der Waals surface area contributed by atoms with Crippen LogP contribution in [0.2, 0.25) is 0 Å². The molecule has 1 heterocycles. The van der Waals surface area contributed by atoms with Crippen molar-refractivity contribution in [2.24, 2.45) is 0 Å². The van der Waals surface area contributed by atoms with Crippen LogP contribution < -0.4 is 0 Å². The molecule has 0 fully saturated rings. The van der Waals surface area contributed by atoms with Gasteiger partial charge in [-0.25, -0.2) is 9.18 Å². The molecule has 0 unspecified atom stereocenters. The van der Waals surface area contributed by atoms with Gasteiger partial charge in [-0.05, 0) is 38.5 Å². The minimum absolute atomic E-state index is 0.169. The molecule has 1 aromatic heterocycles. The Morgan fingerprint density at radius 1 is 1.41 bits per heavy atom. The standard InChI is InChI=1S/C13H13FO2S/c1-7(2)16-13(15)12-8(3)11-9(14)5-4-6-10(11)17-12/h4-7H,1-3H3. The zero-order chi connectivity index (χ0) is 12.6. The van der Waals surface area contributed by atoms with E-state index in [1.807, 2.05) is 6.07 Å². The first-order valence-electron chi connectivity index (χ1n) is 5.39. The second kappa shape index (κ2) is 4.45. The maximum Gasteiger partial charge on any atom is 0.348 e. The van der Waals surface area contributed by atoms with Gasteiger partial charge >= 0.3 is 5.97 Å². The Morgan fingerprint density at radius 3 is 2.71 bits per heavy atom. The van der Waals surface area contributed by atoms with Crippen LogP contribution in [0.25, 0.3) is 10.1 Å². The minimum Gasteiger partial charge on any atom is -0.459 e. The van der Waals surface area contributed by atoms with Crippen LogP contribution >= 0.6 is 11.3 Å². The second-order valence-corrected chi connectivity index (χ2v) is 5.18. The van der Waals surface area contributed by atoms with Gasteiger partial charge < -0.3 is 4.74 Å². The van der Waals surface area contributed by atoms with Crippen molar-refractivity contribution in [3.05, 3.63) is 34.5 Å². The molecular weight excluding hydrogens is 239 g/mol. The average molecular weight is 252 g/mol. The van der Waals surface area contributed by atoms with Crippen LogP contribution in [0.3, 0.4) is 0 Å². The van der Waals surface area contributed by atoms with Crippen LogP contribution in [0.15, 0.2) is 18.2 Å². The lowest BCUT2D eigenvalue weighted by Crippen LogP contribution is -2.11. The van der Waals surface area contributed by atoms with Gasteiger partial charge in [0.1, 0.15) is 10.7 Å². The van der Waals surface area contributed by atoms with Crippen LogP contribution in [0.5, 0.6) is 0 Å². The first-order chi connectivity index (χ1) is 8.00. The Balaban J connectivity index is 2.53. The molecule has 0 bridgehead atoms. The number of thiophene rings is 1. The third kappa shape index (κ3) is 2.17. The summed E-state index contributed by atoms with van der Waals surface area (Å²) in [6.07, 6.45) is -0.169. The molecule has 0 N–H and O–H groups in total. The van der Waals surface area contributed by atoms with E-state index in [1.165, 1.54) is 17.4 Å². The smallest absolute Gasteiger partial charge is 0.348 e. The molecular formula is C13H13FO2S. The van der Waals surface area contributed by atoms with Crippen molar-refractivity contribution in [1.29, 1.82) is 0 Å². The summed E-state index contributed by atoms with van der Waals surface area (Å²) in [5.41, 5.74) is 0.661. The molecule has 0 aliphatic carbocycles. The molecule has 4 heteroatoms. The number of ether oxygens (including phenoxy) is 1. The molecule has 0 amide bonds. The fourth-order valence-electron chi connectivity index (χ4n) is 1.72. The molecule has 2 nitrogen and oxygen atoms in total. The van der Waals surface area contributed by atoms with E-state index >= 15 is 0 Å². The average Bonchev–Trinajstić information content (AvgIpc) is 2.56. The van der Waals surface area contributed by atoms with Gasteiger partial charge in [0.25, 0.3) is 0 Å². The number of aryl methyl sites for hydroxylation is 1. The van der Waals surface area contributed by atoms with Gasteiger partial charge in [0.15, 0.2) is 0 Å². The molecule has 0 atom stereocenters. The van der Waals surface area contributed by atoms with Gasteiger partial charge in [0, 0.05) is 10.1 Å². The summed E-state index contributed by atoms with van der Waals surface area (Å²) in [5.74, 6) is -0.669. The highest BCUT2D eigenvalue weighted by Crippen LogP contribution is 2.33. The number of hydrogen-bond acceptors (Lipinski definition) is 3. The Labute approximate surface area is 103 Å². The summed E-state index contributed by atoms with van der Waals surface area (Å²) in [6, 6.07) is 4.85. The van der Waals surface area contributed by atoms with Crippen molar-refractivity contribution >= 4 is 27.4 Å². The second-order valence-electron chi connectivity index (χ2n) is 4.12. The lowest BCUT2D eigenvalue weighted by Gasteiger charge is -2.06. The molecule has 0 saturated heterocycles. The summed E-state index contributed by atoms with van der Waals surface area (Å²) < 4.78 is 19.6. The topological polar surface area (TPSA) is 26.3 Å². The maximum absolute atomic E-state index is 13.6. The number of rotatable bonds is 2. The molecule has 0 spiro atoms. The number of benzene rings is 1. The Morgan fingerprint density at radius 2 is 2.12 bits per heavy atom. The number of carbonyl (C=O) groups is 1. The first kappa shape index (κ1) is 12.0. The van der Waals surface area contributed by atoms with E-state index in [-0.39, 0.29) is 17.9 Å². The monoisotopic (exact) mass is 252 g/mol. The number of halogens is 1. The highest BCUT2D eigenvalue weighted by Gasteiger charge is 2.19. The maximum atomic E-state index is 13.6. The van der Waals surface area contributed by atoms with Crippen molar-refractivity contribution in [2.75, 3.05) is 0 Å². The quantitative estimate of drug-likeness (QED) is 0.757. The first-order valence-corrected chi connectivity index (χ1v) is 6.21. The molecule has 90 valence electrons. The third-order valence-electron chi connectivity index (χ3n) is 2.43. The van der Waals surface area contributed by atoms with Crippen LogP contribution in [0.4, 0.5) is 4.39 Å². The Kier molecular flexibility index (Phi) is 3.15. The molecule has 17 heavy (non-hydrogen) atoms. The lowest BCUT2D eigenvalue weighted by atomic mass is 10.1. The van der Waals surface area contributed by atoms with Crippen molar-refractivity contribution in [3.8, 4) is 0 Å². The van der Waals surface area contributed by atoms with Crippen molar-refractivity contribution in [1.82, 2.24) is 0 Å². The summed E-state index contributed by atoms with van der Waals surface area (Å²) in [6.45, 7) is 5.33. The van der Waals surface area contributed by atoms with Gasteiger partial charge in [0.05, 0.1) is 6.10 Å². The summed E-state index contributed by atoms with van der Waals surface area (Å²) in [7, 11) is 0. The molecule has 1 aromatic carbocycles. The molecule has 0 aliphatic heterocycles. The normalized spacial score (nSPS) is 11.1. The highest BCUT2D eigenvalue weighted by molar-refractivity contribution is 7.21. The number of fused-ring (bicyclic) bond motifs is 1. The Bertz CT molecular complexity index is 572. The zero-order valence-electron chi connectivity index (χ0n) is 9.91. The lowest BCUT2D eigenvalue weighted by molar-refractivity contribution is 0.0383. The van der Waals surface area contributed by atoms with Crippen molar-refractivity contribution in [3.63, 3.8) is 0 Å². The number of esters is 1. The van der Waals surface area contributed by atoms with E-state index in [0.717, 1.165) is 4.70 Å².